The highest BCUT2D eigenvalue weighted by Gasteiger charge is 2.33. The Labute approximate surface area is 268 Å². The second-order valence-electron chi connectivity index (χ2n) is 10.7. The average molecular weight is 665 g/mol. The van der Waals surface area contributed by atoms with Crippen LogP contribution in [0.1, 0.15) is 51.5 Å². The summed E-state index contributed by atoms with van der Waals surface area (Å²) in [5.41, 5.74) is 0.690. The molecule has 0 bridgehead atoms. The number of rotatable bonds is 12. The standard InChI is InChI=1S/C32H36Cl2FN3O5S/c1-3-43-27-14-16-28(17-15-27)44(41,42)38(26-12-10-24(35)11-13-26)21-31(39)37(20-23-9-18-29(33)30(34)19-23)22(2)32(40)36-25-7-5-4-6-8-25/h9-19,22,25H,3-8,20-21H2,1-2H3,(H,36,40). The van der Waals surface area contributed by atoms with Crippen molar-refractivity contribution < 1.29 is 27.1 Å². The minimum atomic E-state index is -4.31. The molecule has 2 amide bonds. The number of carbonyl (C=O) groups excluding carboxylic acids is 2. The lowest BCUT2D eigenvalue weighted by Gasteiger charge is -2.33. The number of anilines is 1. The number of benzene rings is 3. The van der Waals surface area contributed by atoms with Crippen molar-refractivity contribution in [3.05, 3.63) is 88.2 Å². The normalized spacial score (nSPS) is 14.5. The van der Waals surface area contributed by atoms with Crippen LogP contribution in [-0.4, -0.2) is 50.4 Å². The first-order chi connectivity index (χ1) is 21.0. The number of carbonyl (C=O) groups is 2. The Morgan fingerprint density at radius 3 is 2.25 bits per heavy atom. The van der Waals surface area contributed by atoms with E-state index in [1.165, 1.54) is 41.3 Å². The predicted molar refractivity (Wildman–Crippen MR) is 170 cm³/mol. The maximum absolute atomic E-state index is 14.1. The van der Waals surface area contributed by atoms with Crippen LogP contribution in [-0.2, 0) is 26.2 Å². The number of halogens is 3. The van der Waals surface area contributed by atoms with Crippen molar-refractivity contribution in [3.63, 3.8) is 0 Å². The van der Waals surface area contributed by atoms with Gasteiger partial charge in [0.25, 0.3) is 10.0 Å². The molecule has 0 spiro atoms. The molecule has 1 saturated carbocycles. The second kappa shape index (κ2) is 15.1. The molecule has 0 radical (unpaired) electrons. The molecule has 1 N–H and O–H groups in total. The van der Waals surface area contributed by atoms with E-state index in [0.717, 1.165) is 48.5 Å². The fraction of sp³-hybridized carbons (Fsp3) is 0.375. The van der Waals surface area contributed by atoms with Crippen LogP contribution in [0.4, 0.5) is 10.1 Å². The SMILES string of the molecule is CCOc1ccc(S(=O)(=O)N(CC(=O)N(Cc2ccc(Cl)c(Cl)c2)C(C)C(=O)NC2CCCCC2)c2ccc(F)cc2)cc1. The largest absolute Gasteiger partial charge is 0.494 e. The van der Waals surface area contributed by atoms with E-state index in [9.17, 15) is 22.4 Å². The predicted octanol–water partition coefficient (Wildman–Crippen LogP) is 6.59. The van der Waals surface area contributed by atoms with Crippen LogP contribution in [0, 0.1) is 5.82 Å². The topological polar surface area (TPSA) is 96.0 Å². The molecule has 0 heterocycles. The highest BCUT2D eigenvalue weighted by molar-refractivity contribution is 7.92. The summed E-state index contributed by atoms with van der Waals surface area (Å²) < 4.78 is 48.1. The first kappa shape index (κ1) is 33.6. The summed E-state index contributed by atoms with van der Waals surface area (Å²) >= 11 is 12.3. The maximum atomic E-state index is 14.1. The van der Waals surface area contributed by atoms with E-state index >= 15 is 0 Å². The zero-order valence-corrected chi connectivity index (χ0v) is 27.0. The molecule has 1 aliphatic carbocycles. The molecule has 44 heavy (non-hydrogen) atoms. The molecule has 0 aromatic heterocycles. The molecule has 3 aromatic carbocycles. The zero-order chi connectivity index (χ0) is 31.9. The summed E-state index contributed by atoms with van der Waals surface area (Å²) in [4.78, 5) is 28.8. The van der Waals surface area contributed by atoms with Gasteiger partial charge in [0, 0.05) is 12.6 Å². The lowest BCUT2D eigenvalue weighted by atomic mass is 9.95. The van der Waals surface area contributed by atoms with Crippen LogP contribution in [0.25, 0.3) is 0 Å². The first-order valence-corrected chi connectivity index (χ1v) is 16.7. The van der Waals surface area contributed by atoms with Crippen LogP contribution in [0.5, 0.6) is 5.75 Å². The van der Waals surface area contributed by atoms with Crippen molar-refractivity contribution in [3.8, 4) is 5.75 Å². The Hall–Kier alpha value is -3.34. The van der Waals surface area contributed by atoms with Gasteiger partial charge in [-0.3, -0.25) is 13.9 Å². The van der Waals surface area contributed by atoms with Crippen molar-refractivity contribution in [2.75, 3.05) is 17.5 Å². The molecule has 0 saturated heterocycles. The summed E-state index contributed by atoms with van der Waals surface area (Å²) in [5, 5.41) is 3.67. The van der Waals surface area contributed by atoms with Crippen LogP contribution in [0.15, 0.2) is 71.6 Å². The number of ether oxygens (including phenoxy) is 1. The van der Waals surface area contributed by atoms with E-state index in [1.54, 1.807) is 25.1 Å². The van der Waals surface area contributed by atoms with Gasteiger partial charge in [-0.05, 0) is 92.9 Å². The molecule has 1 fully saturated rings. The molecule has 0 aliphatic heterocycles. The Bertz CT molecular complexity index is 1550. The maximum Gasteiger partial charge on any atom is 0.264 e. The Balaban J connectivity index is 1.68. The number of nitrogens with zero attached hydrogens (tertiary/aromatic N) is 2. The molecule has 236 valence electrons. The number of hydrogen-bond donors (Lipinski definition) is 1. The van der Waals surface area contributed by atoms with E-state index in [1.807, 2.05) is 6.92 Å². The monoisotopic (exact) mass is 663 g/mol. The van der Waals surface area contributed by atoms with Gasteiger partial charge >= 0.3 is 0 Å². The van der Waals surface area contributed by atoms with E-state index in [2.05, 4.69) is 5.32 Å². The lowest BCUT2D eigenvalue weighted by molar-refractivity contribution is -0.139. The third-order valence-electron chi connectivity index (χ3n) is 7.57. The van der Waals surface area contributed by atoms with Gasteiger partial charge in [0.05, 0.1) is 27.2 Å². The Morgan fingerprint density at radius 1 is 0.977 bits per heavy atom. The van der Waals surface area contributed by atoms with Crippen LogP contribution >= 0.6 is 23.2 Å². The number of sulfonamides is 1. The van der Waals surface area contributed by atoms with Gasteiger partial charge in [0.2, 0.25) is 11.8 Å². The molecule has 1 atom stereocenters. The molecule has 3 aromatic rings. The van der Waals surface area contributed by atoms with Gasteiger partial charge in [0.15, 0.2) is 0 Å². The van der Waals surface area contributed by atoms with Crippen molar-refractivity contribution in [1.82, 2.24) is 10.2 Å². The molecule has 1 unspecified atom stereocenters. The lowest BCUT2D eigenvalue weighted by Crippen LogP contribution is -2.53. The van der Waals surface area contributed by atoms with E-state index < -0.39 is 34.3 Å². The highest BCUT2D eigenvalue weighted by atomic mass is 35.5. The van der Waals surface area contributed by atoms with E-state index in [0.29, 0.717) is 22.9 Å². The van der Waals surface area contributed by atoms with Gasteiger partial charge in [-0.2, -0.15) is 0 Å². The van der Waals surface area contributed by atoms with Crippen molar-refractivity contribution in [1.29, 1.82) is 0 Å². The van der Waals surface area contributed by atoms with Crippen molar-refractivity contribution in [2.45, 2.75) is 69.5 Å². The average Bonchev–Trinajstić information content (AvgIpc) is 3.01. The van der Waals surface area contributed by atoms with Crippen LogP contribution < -0.4 is 14.4 Å². The first-order valence-electron chi connectivity index (χ1n) is 14.5. The van der Waals surface area contributed by atoms with Crippen molar-refractivity contribution in [2.24, 2.45) is 0 Å². The fourth-order valence-corrected chi connectivity index (χ4v) is 6.86. The molecular weight excluding hydrogens is 628 g/mol. The van der Waals surface area contributed by atoms with E-state index in [4.69, 9.17) is 27.9 Å². The third kappa shape index (κ3) is 8.43. The summed E-state index contributed by atoms with van der Waals surface area (Å²) in [6.45, 7) is 3.14. The quantitative estimate of drug-likeness (QED) is 0.236. The molecule has 4 rings (SSSR count). The summed E-state index contributed by atoms with van der Waals surface area (Å²) in [6, 6.07) is 14.6. The van der Waals surface area contributed by atoms with Crippen molar-refractivity contribution >= 4 is 50.7 Å². The third-order valence-corrected chi connectivity index (χ3v) is 10.1. The summed E-state index contributed by atoms with van der Waals surface area (Å²) in [7, 11) is -4.31. The van der Waals surface area contributed by atoms with Crippen LogP contribution in [0.3, 0.4) is 0 Å². The minimum Gasteiger partial charge on any atom is -0.494 e. The molecular formula is C32H36Cl2FN3O5S. The second-order valence-corrected chi connectivity index (χ2v) is 13.4. The summed E-state index contributed by atoms with van der Waals surface area (Å²) in [5.74, 6) is -1.05. The van der Waals surface area contributed by atoms with Gasteiger partial charge in [-0.15, -0.1) is 0 Å². The molecule has 8 nitrogen and oxygen atoms in total. The Morgan fingerprint density at radius 2 is 1.64 bits per heavy atom. The summed E-state index contributed by atoms with van der Waals surface area (Å²) in [6.07, 6.45) is 4.87. The fourth-order valence-electron chi connectivity index (χ4n) is 5.12. The zero-order valence-electron chi connectivity index (χ0n) is 24.6. The number of nitrogens with one attached hydrogen (secondary N) is 1. The number of amides is 2. The van der Waals surface area contributed by atoms with Gasteiger partial charge < -0.3 is 15.0 Å². The van der Waals surface area contributed by atoms with E-state index in [-0.39, 0.29) is 34.1 Å². The van der Waals surface area contributed by atoms with Gasteiger partial charge in [-0.25, -0.2) is 12.8 Å². The van der Waals surface area contributed by atoms with Gasteiger partial charge in [-0.1, -0.05) is 48.5 Å². The Kier molecular flexibility index (Phi) is 11.5. The minimum absolute atomic E-state index is 0.0105. The van der Waals surface area contributed by atoms with Crippen LogP contribution in [0.2, 0.25) is 10.0 Å². The van der Waals surface area contributed by atoms with Gasteiger partial charge in [0.1, 0.15) is 24.2 Å². The smallest absolute Gasteiger partial charge is 0.264 e. The highest BCUT2D eigenvalue weighted by Crippen LogP contribution is 2.28. The molecule has 1 aliphatic rings. The number of hydrogen-bond acceptors (Lipinski definition) is 5. The molecule has 12 heteroatoms.